The van der Waals surface area contributed by atoms with Gasteiger partial charge in [0.15, 0.2) is 0 Å². The van der Waals surface area contributed by atoms with Crippen molar-refractivity contribution in [1.82, 2.24) is 10.6 Å². The molecule has 0 saturated carbocycles. The number of nitrogens with one attached hydrogen (secondary N) is 3. The number of hydrogen-bond acceptors (Lipinski definition) is 5. The van der Waals surface area contributed by atoms with Crippen LogP contribution in [0.25, 0.3) is 0 Å². The van der Waals surface area contributed by atoms with Gasteiger partial charge in [0.05, 0.1) is 18.6 Å². The lowest BCUT2D eigenvalue weighted by molar-refractivity contribution is -0.120. The Kier molecular flexibility index (Phi) is 7.22. The highest BCUT2D eigenvalue weighted by molar-refractivity contribution is 7.92. The van der Waals surface area contributed by atoms with Crippen LogP contribution in [0.1, 0.15) is 29.8 Å². The van der Waals surface area contributed by atoms with Crippen molar-refractivity contribution in [2.24, 2.45) is 0 Å². The summed E-state index contributed by atoms with van der Waals surface area (Å²) >= 11 is 0. The fourth-order valence-corrected chi connectivity index (χ4v) is 3.87. The van der Waals surface area contributed by atoms with Crippen LogP contribution < -0.4 is 20.1 Å². The van der Waals surface area contributed by atoms with E-state index in [9.17, 15) is 18.0 Å². The van der Waals surface area contributed by atoms with Gasteiger partial charge in [0.1, 0.15) is 5.75 Å². The minimum Gasteiger partial charge on any atom is -0.497 e. The summed E-state index contributed by atoms with van der Waals surface area (Å²) in [7, 11) is -2.40. The number of aryl methyl sites for hydroxylation is 1. The van der Waals surface area contributed by atoms with Crippen molar-refractivity contribution < 1.29 is 22.7 Å². The minimum atomic E-state index is -3.92. The van der Waals surface area contributed by atoms with Gasteiger partial charge in [-0.1, -0.05) is 6.07 Å². The maximum atomic E-state index is 12.8. The van der Waals surface area contributed by atoms with Crippen molar-refractivity contribution in [2.45, 2.75) is 31.7 Å². The Morgan fingerprint density at radius 1 is 1.07 bits per heavy atom. The molecule has 29 heavy (non-hydrogen) atoms. The van der Waals surface area contributed by atoms with Gasteiger partial charge in [-0.2, -0.15) is 0 Å². The lowest BCUT2D eigenvalue weighted by Gasteiger charge is -2.13. The first-order chi connectivity index (χ1) is 13.6. The number of carbonyl (C=O) groups excluding carboxylic acids is 2. The van der Waals surface area contributed by atoms with Gasteiger partial charge in [0.25, 0.3) is 15.9 Å². The van der Waals surface area contributed by atoms with E-state index in [0.29, 0.717) is 17.0 Å². The molecular formula is C20H25N3O5S. The first-order valence-corrected chi connectivity index (χ1v) is 10.5. The van der Waals surface area contributed by atoms with Crippen LogP contribution in [0.5, 0.6) is 5.75 Å². The van der Waals surface area contributed by atoms with E-state index in [-0.39, 0.29) is 29.0 Å². The highest BCUT2D eigenvalue weighted by Gasteiger charge is 2.20. The second-order valence-corrected chi connectivity index (χ2v) is 8.37. The zero-order chi connectivity index (χ0) is 21.6. The number of benzene rings is 2. The third kappa shape index (κ3) is 6.21. The van der Waals surface area contributed by atoms with Crippen LogP contribution in [0.2, 0.25) is 0 Å². The van der Waals surface area contributed by atoms with E-state index in [1.165, 1.54) is 19.2 Å². The van der Waals surface area contributed by atoms with Crippen molar-refractivity contribution >= 4 is 27.5 Å². The van der Waals surface area contributed by atoms with E-state index in [2.05, 4.69) is 15.4 Å². The fraction of sp³-hybridized carbons (Fsp3) is 0.300. The van der Waals surface area contributed by atoms with Gasteiger partial charge in [0.2, 0.25) is 5.91 Å². The van der Waals surface area contributed by atoms with Crippen LogP contribution in [0.3, 0.4) is 0 Å². The van der Waals surface area contributed by atoms with Crippen LogP contribution >= 0.6 is 0 Å². The van der Waals surface area contributed by atoms with Crippen molar-refractivity contribution in [2.75, 3.05) is 18.4 Å². The van der Waals surface area contributed by atoms with Crippen LogP contribution in [-0.4, -0.2) is 39.9 Å². The molecule has 0 bridgehead atoms. The molecule has 0 saturated heterocycles. The third-order valence-electron chi connectivity index (χ3n) is 3.94. The molecule has 0 fully saturated rings. The molecule has 9 heteroatoms. The van der Waals surface area contributed by atoms with Crippen molar-refractivity contribution in [1.29, 1.82) is 0 Å². The number of hydrogen-bond donors (Lipinski definition) is 3. The number of carbonyl (C=O) groups is 2. The largest absolute Gasteiger partial charge is 0.497 e. The Morgan fingerprint density at radius 3 is 2.31 bits per heavy atom. The molecule has 156 valence electrons. The zero-order valence-electron chi connectivity index (χ0n) is 16.8. The Labute approximate surface area is 170 Å². The SMILES string of the molecule is COc1ccc(NS(=O)(=O)c2cc(C(=O)NCC(=O)NC(C)C)ccc2C)cc1. The molecule has 0 unspecified atom stereocenters. The summed E-state index contributed by atoms with van der Waals surface area (Å²) in [4.78, 5) is 24.0. The maximum Gasteiger partial charge on any atom is 0.262 e. The highest BCUT2D eigenvalue weighted by Crippen LogP contribution is 2.22. The van der Waals surface area contributed by atoms with Gasteiger partial charge < -0.3 is 15.4 Å². The van der Waals surface area contributed by atoms with Gasteiger partial charge in [-0.3, -0.25) is 14.3 Å². The van der Waals surface area contributed by atoms with E-state index in [0.717, 1.165) is 0 Å². The van der Waals surface area contributed by atoms with Gasteiger partial charge in [-0.15, -0.1) is 0 Å². The molecule has 2 amide bonds. The predicted octanol–water partition coefficient (Wildman–Crippen LogP) is 2.06. The molecule has 0 atom stereocenters. The van der Waals surface area contributed by atoms with E-state index >= 15 is 0 Å². The standard InChI is InChI=1S/C20H25N3O5S/c1-13(2)22-19(24)12-21-20(25)15-6-5-14(3)18(11-15)29(26,27)23-16-7-9-17(28-4)10-8-16/h5-11,13,23H,12H2,1-4H3,(H,21,25)(H,22,24). The van der Waals surface area contributed by atoms with E-state index < -0.39 is 15.9 Å². The normalized spacial score (nSPS) is 11.1. The lowest BCUT2D eigenvalue weighted by Crippen LogP contribution is -2.39. The summed E-state index contributed by atoms with van der Waals surface area (Å²) in [6.45, 7) is 5.07. The number of ether oxygens (including phenoxy) is 1. The number of rotatable bonds is 8. The summed E-state index contributed by atoms with van der Waals surface area (Å²) in [6, 6.07) is 10.7. The number of anilines is 1. The molecule has 0 aliphatic rings. The molecule has 2 aromatic carbocycles. The second-order valence-electron chi connectivity index (χ2n) is 6.72. The van der Waals surface area contributed by atoms with E-state index in [1.54, 1.807) is 37.3 Å². The monoisotopic (exact) mass is 419 g/mol. The highest BCUT2D eigenvalue weighted by atomic mass is 32.2. The summed E-state index contributed by atoms with van der Waals surface area (Å²) in [5.74, 6) is -0.261. The van der Waals surface area contributed by atoms with E-state index in [1.807, 2.05) is 13.8 Å². The first-order valence-electron chi connectivity index (χ1n) is 8.97. The second kappa shape index (κ2) is 9.42. The lowest BCUT2D eigenvalue weighted by atomic mass is 10.1. The number of methoxy groups -OCH3 is 1. The third-order valence-corrected chi connectivity index (χ3v) is 5.46. The van der Waals surface area contributed by atoms with Crippen molar-refractivity contribution in [3.05, 3.63) is 53.6 Å². The van der Waals surface area contributed by atoms with Gasteiger partial charge in [0, 0.05) is 17.3 Å². The average molecular weight is 420 g/mol. The van der Waals surface area contributed by atoms with E-state index in [4.69, 9.17) is 4.74 Å². The molecule has 8 nitrogen and oxygen atoms in total. The molecule has 2 rings (SSSR count). The molecular weight excluding hydrogens is 394 g/mol. The van der Waals surface area contributed by atoms with Crippen LogP contribution in [-0.2, 0) is 14.8 Å². The average Bonchev–Trinajstić information content (AvgIpc) is 2.66. The maximum absolute atomic E-state index is 12.8. The van der Waals surface area contributed by atoms with Gasteiger partial charge in [-0.05, 0) is 62.7 Å². The number of amides is 2. The van der Waals surface area contributed by atoms with Crippen LogP contribution in [0.15, 0.2) is 47.4 Å². The summed E-state index contributed by atoms with van der Waals surface area (Å²) in [5, 5.41) is 5.15. The summed E-state index contributed by atoms with van der Waals surface area (Å²) in [5.41, 5.74) is 0.994. The van der Waals surface area contributed by atoms with Gasteiger partial charge >= 0.3 is 0 Å². The molecule has 0 aliphatic carbocycles. The molecule has 3 N–H and O–H groups in total. The molecule has 0 spiro atoms. The molecule has 2 aromatic rings. The smallest absolute Gasteiger partial charge is 0.262 e. The van der Waals surface area contributed by atoms with Crippen molar-refractivity contribution in [3.63, 3.8) is 0 Å². The molecule has 0 aromatic heterocycles. The Hall–Kier alpha value is -3.07. The number of sulfonamides is 1. The Balaban J connectivity index is 2.17. The quantitative estimate of drug-likeness (QED) is 0.606. The summed E-state index contributed by atoms with van der Waals surface area (Å²) in [6.07, 6.45) is 0. The molecule has 0 radical (unpaired) electrons. The predicted molar refractivity (Wildman–Crippen MR) is 111 cm³/mol. The van der Waals surface area contributed by atoms with Crippen LogP contribution in [0, 0.1) is 6.92 Å². The zero-order valence-corrected chi connectivity index (χ0v) is 17.6. The Morgan fingerprint density at radius 2 is 1.72 bits per heavy atom. The van der Waals surface area contributed by atoms with Crippen LogP contribution in [0.4, 0.5) is 5.69 Å². The van der Waals surface area contributed by atoms with Crippen molar-refractivity contribution in [3.8, 4) is 5.75 Å². The summed E-state index contributed by atoms with van der Waals surface area (Å²) < 4.78 is 33.1. The Bertz CT molecular complexity index is 986. The minimum absolute atomic E-state index is 0.0207. The topological polar surface area (TPSA) is 114 Å². The van der Waals surface area contributed by atoms with Gasteiger partial charge in [-0.25, -0.2) is 8.42 Å². The molecule has 0 heterocycles. The first kappa shape index (κ1) is 22.2. The molecule has 0 aliphatic heterocycles. The fourth-order valence-electron chi connectivity index (χ4n) is 2.54.